The van der Waals surface area contributed by atoms with Crippen LogP contribution in [0.2, 0.25) is 0 Å². The first-order valence-corrected chi connectivity index (χ1v) is 5.55. The van der Waals surface area contributed by atoms with Crippen molar-refractivity contribution >= 4 is 11.8 Å². The van der Waals surface area contributed by atoms with Gasteiger partial charge in [0, 0.05) is 19.6 Å². The fourth-order valence-corrected chi connectivity index (χ4v) is 2.14. The van der Waals surface area contributed by atoms with Crippen molar-refractivity contribution < 1.29 is 9.59 Å². The minimum absolute atomic E-state index is 0.368. The van der Waals surface area contributed by atoms with Crippen molar-refractivity contribution in [2.75, 3.05) is 32.7 Å². The molecule has 2 amide bonds. The molecule has 2 fully saturated rings. The quantitative estimate of drug-likeness (QED) is 0.585. The van der Waals surface area contributed by atoms with Gasteiger partial charge in [-0.3, -0.25) is 9.59 Å². The molecule has 1 atom stereocenters. The van der Waals surface area contributed by atoms with E-state index in [1.54, 1.807) is 4.90 Å². The lowest BCUT2D eigenvalue weighted by Crippen LogP contribution is -2.52. The summed E-state index contributed by atoms with van der Waals surface area (Å²) in [4.78, 5) is 24.2. The molecule has 2 saturated heterocycles. The number of rotatable bonds is 3. The van der Waals surface area contributed by atoms with E-state index in [4.69, 9.17) is 0 Å². The highest BCUT2D eigenvalue weighted by Gasteiger charge is 2.26. The van der Waals surface area contributed by atoms with Crippen LogP contribution in [0.4, 0.5) is 0 Å². The maximum absolute atomic E-state index is 11.4. The van der Waals surface area contributed by atoms with Gasteiger partial charge in [0.05, 0.1) is 0 Å². The Balaban J connectivity index is 1.77. The third-order valence-corrected chi connectivity index (χ3v) is 3.12. The maximum atomic E-state index is 11.4. The van der Waals surface area contributed by atoms with E-state index in [2.05, 4.69) is 10.6 Å². The van der Waals surface area contributed by atoms with E-state index in [0.29, 0.717) is 19.0 Å². The Morgan fingerprint density at radius 3 is 2.93 bits per heavy atom. The van der Waals surface area contributed by atoms with E-state index >= 15 is 0 Å². The molecule has 0 aromatic rings. The third-order valence-electron chi connectivity index (χ3n) is 3.12. The Bertz CT molecular complexity index is 261. The summed E-state index contributed by atoms with van der Waals surface area (Å²) >= 11 is 0. The first kappa shape index (κ1) is 10.4. The first-order chi connectivity index (χ1) is 7.27. The van der Waals surface area contributed by atoms with Crippen LogP contribution in [0, 0.1) is 5.92 Å². The topological polar surface area (TPSA) is 61.4 Å². The van der Waals surface area contributed by atoms with E-state index in [9.17, 15) is 9.59 Å². The van der Waals surface area contributed by atoms with Crippen LogP contribution in [0.15, 0.2) is 0 Å². The van der Waals surface area contributed by atoms with Crippen molar-refractivity contribution in [1.82, 2.24) is 15.5 Å². The summed E-state index contributed by atoms with van der Waals surface area (Å²) in [5.41, 5.74) is 0. The monoisotopic (exact) mass is 211 g/mol. The lowest BCUT2D eigenvalue weighted by Gasteiger charge is -2.27. The minimum Gasteiger partial charge on any atom is -0.346 e. The molecule has 0 radical (unpaired) electrons. The highest BCUT2D eigenvalue weighted by atomic mass is 16.2. The van der Waals surface area contributed by atoms with E-state index in [0.717, 1.165) is 26.1 Å². The van der Waals surface area contributed by atoms with E-state index in [-0.39, 0.29) is 5.91 Å². The Labute approximate surface area is 89.2 Å². The smallest absolute Gasteiger partial charge is 0.311 e. The summed E-state index contributed by atoms with van der Waals surface area (Å²) in [6, 6.07) is 0. The number of nitrogens with zero attached hydrogens (tertiary/aromatic N) is 1. The number of amides is 2. The molecule has 0 saturated carbocycles. The maximum Gasteiger partial charge on any atom is 0.311 e. The molecule has 0 spiro atoms. The van der Waals surface area contributed by atoms with Gasteiger partial charge in [0.25, 0.3) is 0 Å². The summed E-state index contributed by atoms with van der Waals surface area (Å²) in [6.07, 6.45) is 2.19. The number of hydrogen-bond acceptors (Lipinski definition) is 3. The number of carbonyl (C=O) groups excluding carboxylic acids is 2. The van der Waals surface area contributed by atoms with Crippen LogP contribution in [-0.2, 0) is 9.59 Å². The van der Waals surface area contributed by atoms with Gasteiger partial charge in [-0.25, -0.2) is 0 Å². The normalized spacial score (nSPS) is 26.9. The second-order valence-electron chi connectivity index (χ2n) is 4.20. The van der Waals surface area contributed by atoms with Gasteiger partial charge in [-0.05, 0) is 31.8 Å². The number of hydrogen-bond donors (Lipinski definition) is 2. The lowest BCUT2D eigenvalue weighted by atomic mass is 10.0. The van der Waals surface area contributed by atoms with Gasteiger partial charge >= 0.3 is 11.8 Å². The van der Waals surface area contributed by atoms with Crippen LogP contribution < -0.4 is 10.6 Å². The highest BCUT2D eigenvalue weighted by molar-refractivity contribution is 6.35. The summed E-state index contributed by atoms with van der Waals surface area (Å²) < 4.78 is 0. The second-order valence-corrected chi connectivity index (χ2v) is 4.20. The van der Waals surface area contributed by atoms with E-state index < -0.39 is 5.91 Å². The van der Waals surface area contributed by atoms with Crippen molar-refractivity contribution in [2.45, 2.75) is 12.8 Å². The van der Waals surface area contributed by atoms with Gasteiger partial charge in [0.1, 0.15) is 0 Å². The molecule has 1 unspecified atom stereocenters. The molecular weight excluding hydrogens is 194 g/mol. The molecular formula is C10H17N3O2. The van der Waals surface area contributed by atoms with Crippen molar-refractivity contribution in [1.29, 1.82) is 0 Å². The zero-order chi connectivity index (χ0) is 10.7. The van der Waals surface area contributed by atoms with Crippen molar-refractivity contribution in [2.24, 2.45) is 5.92 Å². The second kappa shape index (κ2) is 4.61. The van der Waals surface area contributed by atoms with Crippen LogP contribution in [0.1, 0.15) is 12.8 Å². The predicted octanol–water partition coefficient (Wildman–Crippen LogP) is -1.06. The number of piperazine rings is 1. The molecule has 15 heavy (non-hydrogen) atoms. The molecule has 84 valence electrons. The van der Waals surface area contributed by atoms with Gasteiger partial charge < -0.3 is 15.5 Å². The number of carbonyl (C=O) groups is 2. The van der Waals surface area contributed by atoms with Crippen LogP contribution in [0.3, 0.4) is 0 Å². The van der Waals surface area contributed by atoms with Crippen molar-refractivity contribution in [3.63, 3.8) is 0 Å². The van der Waals surface area contributed by atoms with E-state index in [1.165, 1.54) is 6.42 Å². The molecule has 2 N–H and O–H groups in total. The third kappa shape index (κ3) is 2.47. The molecule has 2 aliphatic rings. The van der Waals surface area contributed by atoms with Crippen LogP contribution in [0.5, 0.6) is 0 Å². The summed E-state index contributed by atoms with van der Waals surface area (Å²) in [5, 5.41) is 5.84. The highest BCUT2D eigenvalue weighted by Crippen LogP contribution is 2.13. The molecule has 5 heteroatoms. The molecule has 5 nitrogen and oxygen atoms in total. The van der Waals surface area contributed by atoms with Crippen molar-refractivity contribution in [3.05, 3.63) is 0 Å². The minimum atomic E-state index is -0.453. The standard InChI is InChI=1S/C10H17N3O2/c14-9-10(15)13(6-4-12-9)5-2-8-1-3-11-7-8/h8,11H,1-7H2,(H,12,14). The molecule has 0 aromatic carbocycles. The molecule has 0 bridgehead atoms. The average molecular weight is 211 g/mol. The number of nitrogens with one attached hydrogen (secondary N) is 2. The SMILES string of the molecule is O=C1NCCN(CCC2CCNC2)C1=O. The van der Waals surface area contributed by atoms with Crippen LogP contribution >= 0.6 is 0 Å². The Kier molecular flexibility index (Phi) is 3.20. The van der Waals surface area contributed by atoms with Gasteiger partial charge in [-0.2, -0.15) is 0 Å². The van der Waals surface area contributed by atoms with Gasteiger partial charge in [0.2, 0.25) is 0 Å². The zero-order valence-corrected chi connectivity index (χ0v) is 8.79. The van der Waals surface area contributed by atoms with Crippen molar-refractivity contribution in [3.8, 4) is 0 Å². The fraction of sp³-hybridized carbons (Fsp3) is 0.800. The molecule has 2 heterocycles. The average Bonchev–Trinajstić information content (AvgIpc) is 2.73. The summed E-state index contributed by atoms with van der Waals surface area (Å²) in [7, 11) is 0. The molecule has 0 aliphatic carbocycles. The van der Waals surface area contributed by atoms with E-state index in [1.807, 2.05) is 0 Å². The summed E-state index contributed by atoms with van der Waals surface area (Å²) in [5.74, 6) is -0.152. The first-order valence-electron chi connectivity index (χ1n) is 5.55. The summed E-state index contributed by atoms with van der Waals surface area (Å²) in [6.45, 7) is 4.10. The predicted molar refractivity (Wildman–Crippen MR) is 55.2 cm³/mol. The van der Waals surface area contributed by atoms with Gasteiger partial charge in [0.15, 0.2) is 0 Å². The van der Waals surface area contributed by atoms with Gasteiger partial charge in [-0.15, -0.1) is 0 Å². The van der Waals surface area contributed by atoms with Gasteiger partial charge in [-0.1, -0.05) is 0 Å². The molecule has 2 aliphatic heterocycles. The molecule has 2 rings (SSSR count). The Morgan fingerprint density at radius 2 is 2.20 bits per heavy atom. The van der Waals surface area contributed by atoms with Crippen LogP contribution in [-0.4, -0.2) is 49.4 Å². The lowest BCUT2D eigenvalue weighted by molar-refractivity contribution is -0.148. The Morgan fingerprint density at radius 1 is 1.33 bits per heavy atom. The van der Waals surface area contributed by atoms with Crippen LogP contribution in [0.25, 0.3) is 0 Å². The molecule has 0 aromatic heterocycles. The zero-order valence-electron chi connectivity index (χ0n) is 8.79. The Hall–Kier alpha value is -1.10. The fourth-order valence-electron chi connectivity index (χ4n) is 2.14. The largest absolute Gasteiger partial charge is 0.346 e.